The van der Waals surface area contributed by atoms with Crippen LogP contribution < -0.4 is 0 Å². The number of esters is 3. The Morgan fingerprint density at radius 3 is 0.878 bits per heavy atom. The summed E-state index contributed by atoms with van der Waals surface area (Å²) in [6, 6.07) is 0. The van der Waals surface area contributed by atoms with E-state index >= 15 is 0 Å². The highest BCUT2D eigenvalue weighted by Crippen LogP contribution is 2.17. The van der Waals surface area contributed by atoms with Gasteiger partial charge in [-0.1, -0.05) is 286 Å². The van der Waals surface area contributed by atoms with E-state index in [1.807, 2.05) is 0 Å². The zero-order valence-electron chi connectivity index (χ0n) is 48.8. The molecule has 0 aliphatic rings. The fourth-order valence-electron chi connectivity index (χ4n) is 8.90. The predicted octanol–water partition coefficient (Wildman–Crippen LogP) is 21.5. The molecule has 0 saturated carbocycles. The first-order valence-electron chi connectivity index (χ1n) is 31.6. The molecule has 0 aromatic carbocycles. The quantitative estimate of drug-likeness (QED) is 0.0261. The zero-order valence-corrected chi connectivity index (χ0v) is 48.8. The SMILES string of the molecule is CC/C=C\C/C=C\C/C=C\C/C=C\C/C=C\C/C=C\CCCCCCCCC(=O)OCC(COC(=O)CCCCCCC/C=C\CCCC)OC(=O)CCCCCCCCCCCCCCCCCCCCCC. The number of carbonyl (C=O) groups is 3. The molecule has 0 aliphatic heterocycles. The number of rotatable bonds is 57. The van der Waals surface area contributed by atoms with Gasteiger partial charge in [0, 0.05) is 19.3 Å². The van der Waals surface area contributed by atoms with Crippen LogP contribution in [0.2, 0.25) is 0 Å². The third-order valence-corrected chi connectivity index (χ3v) is 13.6. The van der Waals surface area contributed by atoms with Crippen molar-refractivity contribution in [3.05, 3.63) is 85.1 Å². The summed E-state index contributed by atoms with van der Waals surface area (Å²) in [5.74, 6) is -0.895. The summed E-state index contributed by atoms with van der Waals surface area (Å²) in [5, 5.41) is 0. The molecule has 0 amide bonds. The lowest BCUT2D eigenvalue weighted by atomic mass is 10.0. The second-order valence-electron chi connectivity index (χ2n) is 20.9. The maximum atomic E-state index is 12.9. The van der Waals surface area contributed by atoms with Gasteiger partial charge in [-0.3, -0.25) is 14.4 Å². The third kappa shape index (κ3) is 59.5. The Bertz CT molecular complexity index is 1420. The lowest BCUT2D eigenvalue weighted by Crippen LogP contribution is -2.30. The van der Waals surface area contributed by atoms with Gasteiger partial charge in [0.1, 0.15) is 13.2 Å². The average molecular weight is 1030 g/mol. The number of carbonyl (C=O) groups excluding carboxylic acids is 3. The summed E-state index contributed by atoms with van der Waals surface area (Å²) in [6.07, 6.45) is 81.6. The van der Waals surface area contributed by atoms with Crippen LogP contribution in [-0.2, 0) is 28.6 Å². The molecule has 0 N–H and O–H groups in total. The molecule has 1 unspecified atom stereocenters. The molecule has 0 aromatic heterocycles. The molecule has 0 fully saturated rings. The first kappa shape index (κ1) is 70.6. The first-order chi connectivity index (χ1) is 36.5. The van der Waals surface area contributed by atoms with Gasteiger partial charge < -0.3 is 14.2 Å². The lowest BCUT2D eigenvalue weighted by Gasteiger charge is -2.18. The molecule has 0 aromatic rings. The van der Waals surface area contributed by atoms with Crippen molar-refractivity contribution in [2.75, 3.05) is 13.2 Å². The number of allylic oxidation sites excluding steroid dienone is 14. The molecule has 1 atom stereocenters. The summed E-state index contributed by atoms with van der Waals surface area (Å²) in [4.78, 5) is 38.2. The lowest BCUT2D eigenvalue weighted by molar-refractivity contribution is -0.167. The maximum Gasteiger partial charge on any atom is 0.306 e. The molecule has 0 rings (SSSR count). The van der Waals surface area contributed by atoms with Gasteiger partial charge >= 0.3 is 17.9 Å². The van der Waals surface area contributed by atoms with Crippen molar-refractivity contribution in [1.29, 1.82) is 0 Å². The minimum Gasteiger partial charge on any atom is -0.462 e. The molecule has 0 heterocycles. The molecular weight excluding hydrogens is 913 g/mol. The number of hydrogen-bond donors (Lipinski definition) is 0. The van der Waals surface area contributed by atoms with E-state index in [9.17, 15) is 14.4 Å². The van der Waals surface area contributed by atoms with Gasteiger partial charge in [-0.15, -0.1) is 0 Å². The van der Waals surface area contributed by atoms with E-state index in [0.717, 1.165) is 116 Å². The van der Waals surface area contributed by atoms with E-state index in [1.165, 1.54) is 154 Å². The fraction of sp³-hybridized carbons (Fsp3) is 0.750. The molecule has 0 radical (unpaired) electrons. The molecule has 74 heavy (non-hydrogen) atoms. The second-order valence-corrected chi connectivity index (χ2v) is 20.9. The fourth-order valence-corrected chi connectivity index (χ4v) is 8.90. The van der Waals surface area contributed by atoms with Crippen LogP contribution in [0, 0.1) is 0 Å². The summed E-state index contributed by atoms with van der Waals surface area (Å²) in [5.41, 5.74) is 0. The van der Waals surface area contributed by atoms with Crippen LogP contribution in [0.3, 0.4) is 0 Å². The van der Waals surface area contributed by atoms with E-state index in [-0.39, 0.29) is 31.1 Å². The molecule has 0 spiro atoms. The molecule has 6 nitrogen and oxygen atoms in total. The molecule has 0 aliphatic carbocycles. The van der Waals surface area contributed by atoms with Crippen molar-refractivity contribution < 1.29 is 28.6 Å². The van der Waals surface area contributed by atoms with Crippen molar-refractivity contribution in [1.82, 2.24) is 0 Å². The summed E-state index contributed by atoms with van der Waals surface area (Å²) in [7, 11) is 0. The molecule has 0 bridgehead atoms. The Morgan fingerprint density at radius 2 is 0.541 bits per heavy atom. The van der Waals surface area contributed by atoms with Crippen molar-refractivity contribution in [3.8, 4) is 0 Å². The normalized spacial score (nSPS) is 12.6. The topological polar surface area (TPSA) is 78.9 Å². The Balaban J connectivity index is 4.31. The van der Waals surface area contributed by atoms with Crippen LogP contribution in [-0.4, -0.2) is 37.2 Å². The van der Waals surface area contributed by atoms with Crippen LogP contribution in [0.25, 0.3) is 0 Å². The minimum atomic E-state index is -0.785. The summed E-state index contributed by atoms with van der Waals surface area (Å²) >= 11 is 0. The number of unbranched alkanes of at least 4 members (excludes halogenated alkanes) is 32. The Hall–Kier alpha value is -3.41. The van der Waals surface area contributed by atoms with Crippen molar-refractivity contribution >= 4 is 17.9 Å². The highest BCUT2D eigenvalue weighted by molar-refractivity contribution is 5.71. The Kier molecular flexibility index (Phi) is 59.3. The van der Waals surface area contributed by atoms with Crippen LogP contribution in [0.1, 0.15) is 310 Å². The van der Waals surface area contributed by atoms with Crippen molar-refractivity contribution in [3.63, 3.8) is 0 Å². The Labute approximate surface area is 458 Å². The van der Waals surface area contributed by atoms with E-state index in [2.05, 4.69) is 106 Å². The largest absolute Gasteiger partial charge is 0.462 e. The van der Waals surface area contributed by atoms with Gasteiger partial charge in [0.15, 0.2) is 6.10 Å². The smallest absolute Gasteiger partial charge is 0.306 e. The molecule has 6 heteroatoms. The van der Waals surface area contributed by atoms with Gasteiger partial charge in [-0.25, -0.2) is 0 Å². The highest BCUT2D eigenvalue weighted by atomic mass is 16.6. The van der Waals surface area contributed by atoms with Gasteiger partial charge in [0.2, 0.25) is 0 Å². The number of hydrogen-bond acceptors (Lipinski definition) is 6. The van der Waals surface area contributed by atoms with E-state index in [0.29, 0.717) is 19.3 Å². The van der Waals surface area contributed by atoms with Gasteiger partial charge in [0.05, 0.1) is 0 Å². The highest BCUT2D eigenvalue weighted by Gasteiger charge is 2.19. The molecule has 426 valence electrons. The van der Waals surface area contributed by atoms with E-state index in [4.69, 9.17) is 14.2 Å². The van der Waals surface area contributed by atoms with Crippen molar-refractivity contribution in [2.24, 2.45) is 0 Å². The predicted molar refractivity (Wildman–Crippen MR) is 321 cm³/mol. The molecular formula is C68H118O6. The zero-order chi connectivity index (χ0) is 53.6. The maximum absolute atomic E-state index is 12.9. The Morgan fingerprint density at radius 1 is 0.284 bits per heavy atom. The van der Waals surface area contributed by atoms with Crippen LogP contribution in [0.4, 0.5) is 0 Å². The third-order valence-electron chi connectivity index (χ3n) is 13.6. The monoisotopic (exact) mass is 1030 g/mol. The minimum absolute atomic E-state index is 0.0833. The van der Waals surface area contributed by atoms with Gasteiger partial charge in [-0.05, 0) is 89.9 Å². The van der Waals surface area contributed by atoms with Crippen LogP contribution >= 0.6 is 0 Å². The molecule has 0 saturated heterocycles. The second kappa shape index (κ2) is 62.1. The average Bonchev–Trinajstić information content (AvgIpc) is 3.40. The summed E-state index contributed by atoms with van der Waals surface area (Å²) < 4.78 is 16.9. The summed E-state index contributed by atoms with van der Waals surface area (Å²) in [6.45, 7) is 6.50. The first-order valence-corrected chi connectivity index (χ1v) is 31.6. The van der Waals surface area contributed by atoms with E-state index in [1.54, 1.807) is 0 Å². The van der Waals surface area contributed by atoms with Crippen LogP contribution in [0.5, 0.6) is 0 Å². The van der Waals surface area contributed by atoms with Gasteiger partial charge in [-0.2, -0.15) is 0 Å². The van der Waals surface area contributed by atoms with Gasteiger partial charge in [0.25, 0.3) is 0 Å². The van der Waals surface area contributed by atoms with Crippen LogP contribution in [0.15, 0.2) is 85.1 Å². The van der Waals surface area contributed by atoms with Crippen molar-refractivity contribution in [2.45, 2.75) is 316 Å². The van der Waals surface area contributed by atoms with E-state index < -0.39 is 6.10 Å². The number of ether oxygens (including phenoxy) is 3. The standard InChI is InChI=1S/C68H118O6/c1-4-7-10-13-16-19-22-24-26-28-30-32-33-34-35-36-38-39-41-43-46-49-52-55-58-61-67(70)73-64-65(63-72-66(69)60-57-54-51-48-45-21-18-15-12-9-6-3)74-68(71)62-59-56-53-50-47-44-42-40-37-31-29-27-25-23-20-17-14-11-8-5-2/h7,10,15-16,18-19,24,26,30,32,34-35,38-39,65H,4-6,8-9,11-14,17,20-23,25,27-29,31,33,36-37,40-64H2,1-3H3/b10-7-,18-15-,19-16-,26-24-,32-30-,35-34-,39-38-.